The highest BCUT2D eigenvalue weighted by Crippen LogP contribution is 2.43. The molecule has 0 radical (unpaired) electrons. The molecule has 0 atom stereocenters. The SMILES string of the molecule is c1ccc(-c2ccc(N(c3ccccc3)c3cc(-c4ccc5oc6ccccc6c5c4)cc(-c4ccc5c6ccccc6n(-c6ccc(-c7ccccc7)cc6)c5c4)c3)cc2)cc1. The van der Waals surface area contributed by atoms with Gasteiger partial charge in [0.05, 0.1) is 11.0 Å². The second-order valence-corrected chi connectivity index (χ2v) is 16.2. The highest BCUT2D eigenvalue weighted by atomic mass is 16.3. The number of benzene rings is 10. The number of furan rings is 1. The smallest absolute Gasteiger partial charge is 0.135 e. The first-order valence-electron chi connectivity index (χ1n) is 21.5. The van der Waals surface area contributed by atoms with E-state index in [4.69, 9.17) is 4.42 Å². The molecule has 0 aliphatic carbocycles. The highest BCUT2D eigenvalue weighted by molar-refractivity contribution is 6.10. The van der Waals surface area contributed by atoms with Gasteiger partial charge in [0.15, 0.2) is 0 Å². The van der Waals surface area contributed by atoms with Crippen LogP contribution in [0.1, 0.15) is 0 Å². The number of rotatable bonds is 8. The van der Waals surface area contributed by atoms with Gasteiger partial charge in [0.1, 0.15) is 11.2 Å². The lowest BCUT2D eigenvalue weighted by atomic mass is 9.95. The second kappa shape index (κ2) is 15.3. The zero-order chi connectivity index (χ0) is 41.7. The van der Waals surface area contributed by atoms with Crippen molar-refractivity contribution in [1.29, 1.82) is 0 Å². The van der Waals surface area contributed by atoms with Crippen LogP contribution in [-0.4, -0.2) is 4.57 Å². The third-order valence-corrected chi connectivity index (χ3v) is 12.4. The van der Waals surface area contributed by atoms with E-state index in [9.17, 15) is 0 Å². The molecular formula is C60H40N2O. The first-order chi connectivity index (χ1) is 31.2. The summed E-state index contributed by atoms with van der Waals surface area (Å²) in [7, 11) is 0. The van der Waals surface area contributed by atoms with Crippen molar-refractivity contribution in [3.63, 3.8) is 0 Å². The van der Waals surface area contributed by atoms with Crippen LogP contribution >= 0.6 is 0 Å². The summed E-state index contributed by atoms with van der Waals surface area (Å²) in [5.41, 5.74) is 17.8. The predicted octanol–water partition coefficient (Wildman–Crippen LogP) is 16.8. The van der Waals surface area contributed by atoms with Gasteiger partial charge >= 0.3 is 0 Å². The maximum atomic E-state index is 6.29. The van der Waals surface area contributed by atoms with E-state index in [1.807, 2.05) is 12.1 Å². The Kier molecular flexibility index (Phi) is 8.83. The maximum absolute atomic E-state index is 6.29. The molecule has 3 heteroatoms. The zero-order valence-corrected chi connectivity index (χ0v) is 34.4. The van der Waals surface area contributed by atoms with Gasteiger partial charge in [-0.05, 0) is 129 Å². The van der Waals surface area contributed by atoms with Crippen LogP contribution in [0.2, 0.25) is 0 Å². The summed E-state index contributed by atoms with van der Waals surface area (Å²) in [6.07, 6.45) is 0. The predicted molar refractivity (Wildman–Crippen MR) is 264 cm³/mol. The molecule has 3 nitrogen and oxygen atoms in total. The summed E-state index contributed by atoms with van der Waals surface area (Å²) in [5.74, 6) is 0. The quantitative estimate of drug-likeness (QED) is 0.153. The van der Waals surface area contributed by atoms with Crippen molar-refractivity contribution in [2.24, 2.45) is 0 Å². The Morgan fingerprint density at radius 2 is 0.762 bits per heavy atom. The molecule has 296 valence electrons. The zero-order valence-electron chi connectivity index (χ0n) is 34.4. The Labute approximate surface area is 366 Å². The first kappa shape index (κ1) is 36.5. The van der Waals surface area contributed by atoms with Gasteiger partial charge in [-0.25, -0.2) is 0 Å². The van der Waals surface area contributed by atoms with E-state index in [0.29, 0.717) is 0 Å². The fourth-order valence-electron chi connectivity index (χ4n) is 9.30. The number of fused-ring (bicyclic) bond motifs is 6. The highest BCUT2D eigenvalue weighted by Gasteiger charge is 2.19. The van der Waals surface area contributed by atoms with Crippen LogP contribution < -0.4 is 4.90 Å². The summed E-state index contributed by atoms with van der Waals surface area (Å²) >= 11 is 0. The van der Waals surface area contributed by atoms with E-state index >= 15 is 0 Å². The Morgan fingerprint density at radius 1 is 0.270 bits per heavy atom. The van der Waals surface area contributed by atoms with Gasteiger partial charge in [0.2, 0.25) is 0 Å². The Morgan fingerprint density at radius 3 is 1.46 bits per heavy atom. The van der Waals surface area contributed by atoms with E-state index in [2.05, 4.69) is 240 Å². The molecule has 0 N–H and O–H groups in total. The van der Waals surface area contributed by atoms with Crippen molar-refractivity contribution >= 4 is 60.8 Å². The number of para-hydroxylation sites is 3. The average Bonchev–Trinajstić information content (AvgIpc) is 3.90. The molecule has 12 rings (SSSR count). The fraction of sp³-hybridized carbons (Fsp3) is 0. The molecule has 0 aliphatic heterocycles. The number of nitrogens with zero attached hydrogens (tertiary/aromatic N) is 2. The van der Waals surface area contributed by atoms with E-state index in [1.54, 1.807) is 0 Å². The monoisotopic (exact) mass is 804 g/mol. The van der Waals surface area contributed by atoms with Crippen molar-refractivity contribution in [1.82, 2.24) is 4.57 Å². The molecule has 2 aromatic heterocycles. The first-order valence-corrected chi connectivity index (χ1v) is 21.5. The molecule has 63 heavy (non-hydrogen) atoms. The average molecular weight is 805 g/mol. The van der Waals surface area contributed by atoms with Crippen LogP contribution in [0, 0.1) is 0 Å². The lowest BCUT2D eigenvalue weighted by molar-refractivity contribution is 0.669. The third kappa shape index (κ3) is 6.55. The molecule has 0 saturated heterocycles. The summed E-state index contributed by atoms with van der Waals surface area (Å²) < 4.78 is 8.70. The van der Waals surface area contributed by atoms with Gasteiger partial charge in [0.25, 0.3) is 0 Å². The van der Waals surface area contributed by atoms with Crippen molar-refractivity contribution in [2.45, 2.75) is 0 Å². The minimum Gasteiger partial charge on any atom is -0.456 e. The van der Waals surface area contributed by atoms with Crippen LogP contribution in [-0.2, 0) is 0 Å². The maximum Gasteiger partial charge on any atom is 0.135 e. The van der Waals surface area contributed by atoms with Gasteiger partial charge < -0.3 is 13.9 Å². The summed E-state index contributed by atoms with van der Waals surface area (Å²) in [5, 5.41) is 4.68. The van der Waals surface area contributed by atoms with Crippen molar-refractivity contribution in [2.75, 3.05) is 4.90 Å². The van der Waals surface area contributed by atoms with Gasteiger partial charge in [-0.2, -0.15) is 0 Å². The third-order valence-electron chi connectivity index (χ3n) is 12.4. The molecule has 10 aromatic carbocycles. The molecule has 0 aliphatic rings. The molecule has 0 unspecified atom stereocenters. The fourth-order valence-corrected chi connectivity index (χ4v) is 9.30. The minimum absolute atomic E-state index is 0.885. The Balaban J connectivity index is 1.06. The van der Waals surface area contributed by atoms with Crippen molar-refractivity contribution in [3.05, 3.63) is 243 Å². The minimum atomic E-state index is 0.885. The molecule has 12 aromatic rings. The van der Waals surface area contributed by atoms with E-state index in [-0.39, 0.29) is 0 Å². The van der Waals surface area contributed by atoms with Crippen molar-refractivity contribution < 1.29 is 4.42 Å². The van der Waals surface area contributed by atoms with Gasteiger partial charge in [-0.3, -0.25) is 0 Å². The summed E-state index contributed by atoms with van der Waals surface area (Å²) in [6.45, 7) is 0. The van der Waals surface area contributed by atoms with Crippen LogP contribution in [0.25, 0.3) is 93.9 Å². The van der Waals surface area contributed by atoms with E-state index in [1.165, 1.54) is 38.5 Å². The number of anilines is 3. The lowest BCUT2D eigenvalue weighted by Gasteiger charge is -2.27. The number of hydrogen-bond acceptors (Lipinski definition) is 2. The van der Waals surface area contributed by atoms with E-state index < -0.39 is 0 Å². The molecule has 0 amide bonds. The van der Waals surface area contributed by atoms with Crippen molar-refractivity contribution in [3.8, 4) is 50.2 Å². The number of aromatic nitrogens is 1. The standard InChI is InChI=1S/C60H40N2O/c1-4-14-41(15-5-1)43-24-30-50(31-25-43)61(49-18-8-3-9-19-49)52-37-47(45-29-35-60-56(39-45)55-21-11-13-23-59(55)63-60)36-48(38-52)46-28-34-54-53-20-10-12-22-57(53)62(58(54)40-46)51-32-26-44(27-33-51)42-16-6-2-7-17-42/h1-40H. The van der Waals surface area contributed by atoms with Crippen LogP contribution in [0.15, 0.2) is 247 Å². The molecule has 0 fully saturated rings. The van der Waals surface area contributed by atoms with Gasteiger partial charge in [-0.1, -0.05) is 158 Å². The molecule has 0 spiro atoms. The Bertz CT molecular complexity index is 3590. The topological polar surface area (TPSA) is 21.3 Å². The molecular weight excluding hydrogens is 765 g/mol. The van der Waals surface area contributed by atoms with Crippen LogP contribution in [0.3, 0.4) is 0 Å². The largest absolute Gasteiger partial charge is 0.456 e. The summed E-state index contributed by atoms with van der Waals surface area (Å²) in [6, 6.07) is 87.3. The molecule has 2 heterocycles. The van der Waals surface area contributed by atoms with Gasteiger partial charge in [0, 0.05) is 44.3 Å². The van der Waals surface area contributed by atoms with Crippen LogP contribution in [0.4, 0.5) is 17.1 Å². The Hall–Kier alpha value is -8.40. The van der Waals surface area contributed by atoms with E-state index in [0.717, 1.165) is 72.5 Å². The summed E-state index contributed by atoms with van der Waals surface area (Å²) in [4.78, 5) is 2.37. The normalized spacial score (nSPS) is 11.5. The lowest BCUT2D eigenvalue weighted by Crippen LogP contribution is -2.10. The van der Waals surface area contributed by atoms with Gasteiger partial charge in [-0.15, -0.1) is 0 Å². The molecule has 0 saturated carbocycles. The van der Waals surface area contributed by atoms with Crippen LogP contribution in [0.5, 0.6) is 0 Å². The number of hydrogen-bond donors (Lipinski definition) is 0. The second-order valence-electron chi connectivity index (χ2n) is 16.2. The molecule has 0 bridgehead atoms.